The van der Waals surface area contributed by atoms with E-state index in [4.69, 9.17) is 0 Å². The Hall–Kier alpha value is -0.0900. The SMILES string of the molecule is SSCCCCCn1ccnc1. The summed E-state index contributed by atoms with van der Waals surface area (Å²) in [6, 6.07) is 0. The Balaban J connectivity index is 1.96. The summed E-state index contributed by atoms with van der Waals surface area (Å²) >= 11 is 4.08. The van der Waals surface area contributed by atoms with Gasteiger partial charge in [-0.15, -0.1) is 11.7 Å². The quantitative estimate of drug-likeness (QED) is 0.434. The monoisotopic (exact) mass is 202 g/mol. The Morgan fingerprint density at radius 1 is 1.33 bits per heavy atom. The van der Waals surface area contributed by atoms with Crippen LogP contribution >= 0.6 is 22.5 Å². The molecular weight excluding hydrogens is 188 g/mol. The number of hydrogen-bond donors (Lipinski definition) is 1. The fraction of sp³-hybridized carbons (Fsp3) is 0.625. The van der Waals surface area contributed by atoms with Gasteiger partial charge in [-0.05, 0) is 12.8 Å². The Morgan fingerprint density at radius 3 is 2.92 bits per heavy atom. The first-order valence-electron chi connectivity index (χ1n) is 4.15. The summed E-state index contributed by atoms with van der Waals surface area (Å²) in [4.78, 5) is 3.98. The van der Waals surface area contributed by atoms with Crippen molar-refractivity contribution in [3.8, 4) is 0 Å². The molecule has 1 aromatic rings. The van der Waals surface area contributed by atoms with E-state index < -0.39 is 0 Å². The first-order valence-corrected chi connectivity index (χ1v) is 6.19. The molecule has 1 aromatic heterocycles. The summed E-state index contributed by atoms with van der Waals surface area (Å²) < 4.78 is 2.12. The average Bonchev–Trinajstić information content (AvgIpc) is 2.57. The minimum atomic E-state index is 1.09. The van der Waals surface area contributed by atoms with Crippen LogP contribution in [0.2, 0.25) is 0 Å². The summed E-state index contributed by atoms with van der Waals surface area (Å²) in [5.74, 6) is 1.16. The summed E-state index contributed by atoms with van der Waals surface area (Å²) in [6.45, 7) is 1.09. The van der Waals surface area contributed by atoms with Gasteiger partial charge < -0.3 is 4.57 Å². The molecule has 0 saturated heterocycles. The molecule has 0 aliphatic heterocycles. The molecule has 0 aliphatic carbocycles. The lowest BCUT2D eigenvalue weighted by molar-refractivity contribution is 0.604. The Morgan fingerprint density at radius 2 is 2.25 bits per heavy atom. The third-order valence-corrected chi connectivity index (χ3v) is 2.73. The van der Waals surface area contributed by atoms with Crippen LogP contribution in [-0.4, -0.2) is 15.3 Å². The molecule has 0 radical (unpaired) electrons. The van der Waals surface area contributed by atoms with Crippen molar-refractivity contribution in [3.05, 3.63) is 18.7 Å². The molecule has 0 bridgehead atoms. The second-order valence-corrected chi connectivity index (χ2v) is 4.14. The largest absolute Gasteiger partial charge is 0.337 e. The zero-order valence-corrected chi connectivity index (χ0v) is 8.73. The standard InChI is InChI=1S/C8H14N2S2/c11-12-7-3-1-2-5-10-6-4-9-8-10/h4,6,8,11H,1-3,5,7H2. The first-order chi connectivity index (χ1) is 5.93. The molecular formula is C8H14N2S2. The number of thiol groups is 1. The minimum Gasteiger partial charge on any atom is -0.337 e. The number of rotatable bonds is 6. The van der Waals surface area contributed by atoms with Gasteiger partial charge in [-0.25, -0.2) is 4.98 Å². The molecule has 12 heavy (non-hydrogen) atoms. The van der Waals surface area contributed by atoms with Gasteiger partial charge in [-0.3, -0.25) is 0 Å². The second kappa shape index (κ2) is 6.43. The zero-order chi connectivity index (χ0) is 8.65. The van der Waals surface area contributed by atoms with Crippen LogP contribution in [0.1, 0.15) is 19.3 Å². The summed E-state index contributed by atoms with van der Waals surface area (Å²) in [5, 5.41) is 0. The van der Waals surface area contributed by atoms with Crippen molar-refractivity contribution in [3.63, 3.8) is 0 Å². The maximum absolute atomic E-state index is 4.08. The Kier molecular flexibility index (Phi) is 5.35. The van der Waals surface area contributed by atoms with Crippen LogP contribution in [0.3, 0.4) is 0 Å². The normalized spacial score (nSPS) is 10.4. The van der Waals surface area contributed by atoms with Crippen LogP contribution < -0.4 is 0 Å². The molecule has 0 amide bonds. The maximum Gasteiger partial charge on any atom is 0.0945 e. The van der Waals surface area contributed by atoms with Crippen LogP contribution in [0.15, 0.2) is 18.7 Å². The predicted octanol–water partition coefficient (Wildman–Crippen LogP) is 2.63. The molecule has 0 saturated carbocycles. The summed E-state index contributed by atoms with van der Waals surface area (Å²) in [5.41, 5.74) is 0. The van der Waals surface area contributed by atoms with Gasteiger partial charge in [-0.2, -0.15) is 0 Å². The highest BCUT2D eigenvalue weighted by Gasteiger charge is 1.90. The van der Waals surface area contributed by atoms with E-state index in [0.29, 0.717) is 0 Å². The van der Waals surface area contributed by atoms with Crippen molar-refractivity contribution in [2.45, 2.75) is 25.8 Å². The van der Waals surface area contributed by atoms with Crippen molar-refractivity contribution >= 4 is 22.5 Å². The van der Waals surface area contributed by atoms with Gasteiger partial charge >= 0.3 is 0 Å². The van der Waals surface area contributed by atoms with Crippen molar-refractivity contribution in [1.29, 1.82) is 0 Å². The lowest BCUT2D eigenvalue weighted by Gasteiger charge is -2.00. The van der Waals surface area contributed by atoms with E-state index in [1.54, 1.807) is 10.8 Å². The van der Waals surface area contributed by atoms with Gasteiger partial charge in [0.25, 0.3) is 0 Å². The van der Waals surface area contributed by atoms with Gasteiger partial charge in [0.2, 0.25) is 0 Å². The third-order valence-electron chi connectivity index (χ3n) is 1.71. The summed E-state index contributed by atoms with van der Waals surface area (Å²) in [6.07, 6.45) is 9.49. The fourth-order valence-corrected chi connectivity index (χ4v) is 1.78. The number of imidazole rings is 1. The van der Waals surface area contributed by atoms with Crippen LogP contribution in [0.4, 0.5) is 0 Å². The fourth-order valence-electron chi connectivity index (χ4n) is 1.06. The van der Waals surface area contributed by atoms with Crippen molar-refractivity contribution in [1.82, 2.24) is 9.55 Å². The molecule has 0 aliphatic rings. The van der Waals surface area contributed by atoms with E-state index in [1.165, 1.54) is 19.3 Å². The van der Waals surface area contributed by atoms with E-state index in [2.05, 4.69) is 21.2 Å². The average molecular weight is 202 g/mol. The molecule has 0 N–H and O–H groups in total. The van der Waals surface area contributed by atoms with Gasteiger partial charge in [-0.1, -0.05) is 17.2 Å². The Bertz CT molecular complexity index is 187. The number of aromatic nitrogens is 2. The molecule has 4 heteroatoms. The molecule has 2 nitrogen and oxygen atoms in total. The number of unbranched alkanes of at least 4 members (excludes halogenated alkanes) is 2. The highest BCUT2D eigenvalue weighted by Crippen LogP contribution is 2.09. The first kappa shape index (κ1) is 9.99. The smallest absolute Gasteiger partial charge is 0.0945 e. The molecule has 1 rings (SSSR count). The molecule has 0 unspecified atom stereocenters. The van der Waals surface area contributed by atoms with Gasteiger partial charge in [0.15, 0.2) is 0 Å². The Labute approximate surface area is 82.6 Å². The second-order valence-electron chi connectivity index (χ2n) is 2.69. The number of aryl methyl sites for hydroxylation is 1. The maximum atomic E-state index is 4.08. The molecule has 0 atom stereocenters. The number of nitrogens with zero attached hydrogens (tertiary/aromatic N) is 2. The van der Waals surface area contributed by atoms with Crippen molar-refractivity contribution in [2.75, 3.05) is 5.75 Å². The minimum absolute atomic E-state index is 1.09. The van der Waals surface area contributed by atoms with Gasteiger partial charge in [0, 0.05) is 24.7 Å². The zero-order valence-electron chi connectivity index (χ0n) is 7.02. The van der Waals surface area contributed by atoms with E-state index >= 15 is 0 Å². The third kappa shape index (κ3) is 4.07. The van der Waals surface area contributed by atoms with E-state index in [9.17, 15) is 0 Å². The van der Waals surface area contributed by atoms with Crippen molar-refractivity contribution in [2.24, 2.45) is 0 Å². The highest BCUT2D eigenvalue weighted by atomic mass is 33.1. The van der Waals surface area contributed by atoms with E-state index in [0.717, 1.165) is 12.3 Å². The van der Waals surface area contributed by atoms with Crippen molar-refractivity contribution < 1.29 is 0 Å². The van der Waals surface area contributed by atoms with Gasteiger partial charge in [0.05, 0.1) is 6.33 Å². The van der Waals surface area contributed by atoms with Crippen LogP contribution in [0, 0.1) is 0 Å². The van der Waals surface area contributed by atoms with E-state index in [1.807, 2.05) is 18.7 Å². The van der Waals surface area contributed by atoms with Crippen LogP contribution in [-0.2, 0) is 6.54 Å². The highest BCUT2D eigenvalue weighted by molar-refractivity contribution is 8.68. The summed E-state index contributed by atoms with van der Waals surface area (Å²) in [7, 11) is 1.62. The van der Waals surface area contributed by atoms with E-state index in [-0.39, 0.29) is 0 Å². The van der Waals surface area contributed by atoms with Gasteiger partial charge in [0.1, 0.15) is 0 Å². The molecule has 68 valence electrons. The predicted molar refractivity (Wildman–Crippen MR) is 57.5 cm³/mol. The molecule has 0 aromatic carbocycles. The lowest BCUT2D eigenvalue weighted by Crippen LogP contribution is -1.94. The number of hydrogen-bond acceptors (Lipinski definition) is 3. The lowest BCUT2D eigenvalue weighted by atomic mass is 10.2. The topological polar surface area (TPSA) is 17.8 Å². The van der Waals surface area contributed by atoms with Crippen LogP contribution in [0.5, 0.6) is 0 Å². The molecule has 0 spiro atoms. The molecule has 0 fully saturated rings. The van der Waals surface area contributed by atoms with Crippen LogP contribution in [0.25, 0.3) is 0 Å². The molecule has 1 heterocycles.